The van der Waals surface area contributed by atoms with Crippen LogP contribution in [0, 0.1) is 0 Å². The highest BCUT2D eigenvalue weighted by Gasteiger charge is 2.16. The molecule has 0 aliphatic rings. The number of nitrogens with two attached hydrogens (primary N) is 1. The van der Waals surface area contributed by atoms with E-state index in [1.165, 1.54) is 0 Å². The first-order chi connectivity index (χ1) is 9.45. The van der Waals surface area contributed by atoms with E-state index in [-0.39, 0.29) is 6.04 Å². The van der Waals surface area contributed by atoms with E-state index in [0.717, 1.165) is 17.5 Å². The van der Waals surface area contributed by atoms with Crippen LogP contribution in [0.5, 0.6) is 0 Å². The maximum atomic E-state index is 6.27. The van der Waals surface area contributed by atoms with Gasteiger partial charge in [0.1, 0.15) is 0 Å². The van der Waals surface area contributed by atoms with Crippen LogP contribution in [-0.2, 0) is 0 Å². The molecule has 0 aromatic heterocycles. The molecule has 0 radical (unpaired) electrons. The molecule has 5 heteroatoms. The van der Waals surface area contributed by atoms with Crippen molar-refractivity contribution in [2.75, 3.05) is 0 Å². The van der Waals surface area contributed by atoms with Gasteiger partial charge in [0.2, 0.25) is 0 Å². The first-order valence-corrected chi connectivity index (χ1v) is 7.65. The Labute approximate surface area is 138 Å². The molecular formula is C15H13Cl4N. The van der Waals surface area contributed by atoms with Gasteiger partial charge in [-0.25, -0.2) is 0 Å². The zero-order chi connectivity index (χ0) is 14.9. The van der Waals surface area contributed by atoms with Crippen LogP contribution in [0.1, 0.15) is 24.9 Å². The first-order valence-electron chi connectivity index (χ1n) is 6.14. The maximum Gasteiger partial charge on any atom is 0.0785 e. The minimum absolute atomic E-state index is 0.0183. The molecule has 0 bridgehead atoms. The fraction of sp³-hybridized carbons (Fsp3) is 0.200. The molecule has 2 N–H and O–H groups in total. The summed E-state index contributed by atoms with van der Waals surface area (Å²) in [6.45, 7) is 2.04. The molecule has 1 atom stereocenters. The smallest absolute Gasteiger partial charge is 0.0785 e. The van der Waals surface area contributed by atoms with Gasteiger partial charge in [-0.2, -0.15) is 0 Å². The minimum Gasteiger partial charge on any atom is -0.324 e. The molecular weight excluding hydrogens is 336 g/mol. The SMILES string of the molecule is CCC(N)c1cccc(-c2c(Cl)cc(Cl)c(Cl)c2Cl)c1. The van der Waals surface area contributed by atoms with Gasteiger partial charge in [-0.05, 0) is 29.7 Å². The molecule has 0 spiro atoms. The molecule has 20 heavy (non-hydrogen) atoms. The van der Waals surface area contributed by atoms with E-state index in [0.29, 0.717) is 25.7 Å². The summed E-state index contributed by atoms with van der Waals surface area (Å²) in [4.78, 5) is 0. The molecule has 0 amide bonds. The summed E-state index contributed by atoms with van der Waals surface area (Å²) in [7, 11) is 0. The third kappa shape index (κ3) is 3.08. The average Bonchev–Trinajstić information content (AvgIpc) is 2.44. The van der Waals surface area contributed by atoms with Crippen molar-refractivity contribution in [2.24, 2.45) is 5.73 Å². The molecule has 0 heterocycles. The predicted octanol–water partition coefficient (Wildman–Crippen LogP) is 6.38. The van der Waals surface area contributed by atoms with Crippen LogP contribution in [0.3, 0.4) is 0 Å². The Bertz CT molecular complexity index is 640. The largest absolute Gasteiger partial charge is 0.324 e. The molecule has 0 fully saturated rings. The maximum absolute atomic E-state index is 6.27. The fourth-order valence-electron chi connectivity index (χ4n) is 1.99. The van der Waals surface area contributed by atoms with Gasteiger partial charge in [0.15, 0.2) is 0 Å². The number of halogens is 4. The van der Waals surface area contributed by atoms with Crippen molar-refractivity contribution in [2.45, 2.75) is 19.4 Å². The predicted molar refractivity (Wildman–Crippen MR) is 89.1 cm³/mol. The third-order valence-electron chi connectivity index (χ3n) is 3.16. The molecule has 0 saturated heterocycles. The van der Waals surface area contributed by atoms with Gasteiger partial charge in [-0.3, -0.25) is 0 Å². The second-order valence-corrected chi connectivity index (χ2v) is 6.05. The standard InChI is InChI=1S/C15H13Cl4N/c1-2-12(20)8-4-3-5-9(6-8)13-10(16)7-11(17)14(18)15(13)19/h3-7,12H,2,20H2,1H3. The minimum atomic E-state index is -0.0183. The van der Waals surface area contributed by atoms with Gasteiger partial charge in [0.05, 0.1) is 20.1 Å². The summed E-state index contributed by atoms with van der Waals surface area (Å²) in [6.07, 6.45) is 0.853. The van der Waals surface area contributed by atoms with Gasteiger partial charge < -0.3 is 5.73 Å². The highest BCUT2D eigenvalue weighted by molar-refractivity contribution is 6.51. The first kappa shape index (κ1) is 15.9. The van der Waals surface area contributed by atoms with Gasteiger partial charge in [0.25, 0.3) is 0 Å². The lowest BCUT2D eigenvalue weighted by Crippen LogP contribution is -2.08. The Morgan fingerprint density at radius 3 is 2.35 bits per heavy atom. The van der Waals surface area contributed by atoms with E-state index in [9.17, 15) is 0 Å². The Balaban J connectivity index is 2.60. The van der Waals surface area contributed by atoms with E-state index in [1.54, 1.807) is 6.07 Å². The summed E-state index contributed by atoms with van der Waals surface area (Å²) in [5.41, 5.74) is 8.64. The van der Waals surface area contributed by atoms with Gasteiger partial charge in [-0.15, -0.1) is 0 Å². The van der Waals surface area contributed by atoms with Crippen molar-refractivity contribution in [3.63, 3.8) is 0 Å². The van der Waals surface area contributed by atoms with Crippen LogP contribution in [0.25, 0.3) is 11.1 Å². The Morgan fingerprint density at radius 2 is 1.70 bits per heavy atom. The molecule has 0 aliphatic heterocycles. The van der Waals surface area contributed by atoms with Crippen molar-refractivity contribution in [1.82, 2.24) is 0 Å². The summed E-state index contributed by atoms with van der Waals surface area (Å²) < 4.78 is 0. The lowest BCUT2D eigenvalue weighted by Gasteiger charge is -2.14. The second kappa shape index (κ2) is 6.55. The average molecular weight is 349 g/mol. The van der Waals surface area contributed by atoms with E-state index >= 15 is 0 Å². The summed E-state index contributed by atoms with van der Waals surface area (Å²) in [5, 5.41) is 1.46. The van der Waals surface area contributed by atoms with Gasteiger partial charge in [-0.1, -0.05) is 71.5 Å². The highest BCUT2D eigenvalue weighted by Crippen LogP contribution is 2.43. The van der Waals surface area contributed by atoms with Crippen LogP contribution in [0.2, 0.25) is 20.1 Å². The van der Waals surface area contributed by atoms with E-state index in [2.05, 4.69) is 0 Å². The lowest BCUT2D eigenvalue weighted by molar-refractivity contribution is 0.699. The van der Waals surface area contributed by atoms with E-state index < -0.39 is 0 Å². The fourth-order valence-corrected chi connectivity index (χ4v) is 3.12. The van der Waals surface area contributed by atoms with Crippen LogP contribution in [0.4, 0.5) is 0 Å². The second-order valence-electron chi connectivity index (χ2n) is 4.48. The molecule has 2 rings (SSSR count). The van der Waals surface area contributed by atoms with E-state index in [4.69, 9.17) is 52.1 Å². The molecule has 0 aliphatic carbocycles. The zero-order valence-electron chi connectivity index (χ0n) is 10.8. The van der Waals surface area contributed by atoms with Crippen molar-refractivity contribution < 1.29 is 0 Å². The van der Waals surface area contributed by atoms with Crippen molar-refractivity contribution in [1.29, 1.82) is 0 Å². The topological polar surface area (TPSA) is 26.0 Å². The zero-order valence-corrected chi connectivity index (χ0v) is 13.8. The molecule has 2 aromatic rings. The van der Waals surface area contributed by atoms with Crippen molar-refractivity contribution in [3.8, 4) is 11.1 Å². The van der Waals surface area contributed by atoms with Crippen molar-refractivity contribution >= 4 is 46.4 Å². The normalized spacial score (nSPS) is 12.5. The molecule has 1 unspecified atom stereocenters. The number of hydrogen-bond acceptors (Lipinski definition) is 1. The van der Waals surface area contributed by atoms with Gasteiger partial charge >= 0.3 is 0 Å². The molecule has 106 valence electrons. The Kier molecular flexibility index (Phi) is 5.22. The summed E-state index contributed by atoms with van der Waals surface area (Å²) >= 11 is 24.6. The monoisotopic (exact) mass is 347 g/mol. The quantitative estimate of drug-likeness (QED) is 0.505. The molecule has 2 aromatic carbocycles. The van der Waals surface area contributed by atoms with Crippen LogP contribution in [0.15, 0.2) is 30.3 Å². The number of hydrogen-bond donors (Lipinski definition) is 1. The van der Waals surface area contributed by atoms with Crippen LogP contribution < -0.4 is 5.73 Å². The number of rotatable bonds is 3. The van der Waals surface area contributed by atoms with Crippen LogP contribution in [-0.4, -0.2) is 0 Å². The lowest BCUT2D eigenvalue weighted by atomic mass is 9.98. The molecule has 1 nitrogen and oxygen atoms in total. The molecule has 0 saturated carbocycles. The van der Waals surface area contributed by atoms with Crippen molar-refractivity contribution in [3.05, 3.63) is 56.0 Å². The Hall–Kier alpha value is -0.440. The van der Waals surface area contributed by atoms with E-state index in [1.807, 2.05) is 31.2 Å². The van der Waals surface area contributed by atoms with Gasteiger partial charge in [0, 0.05) is 11.6 Å². The van der Waals surface area contributed by atoms with Crippen LogP contribution >= 0.6 is 46.4 Å². The Morgan fingerprint density at radius 1 is 1.00 bits per heavy atom. The summed E-state index contributed by atoms with van der Waals surface area (Å²) in [5.74, 6) is 0. The highest BCUT2D eigenvalue weighted by atomic mass is 35.5. The summed E-state index contributed by atoms with van der Waals surface area (Å²) in [6, 6.07) is 9.38. The third-order valence-corrected chi connectivity index (χ3v) is 4.72. The number of benzene rings is 2.